The molecule has 0 aliphatic carbocycles. The van der Waals surface area contributed by atoms with Crippen molar-refractivity contribution in [3.05, 3.63) is 11.4 Å². The summed E-state index contributed by atoms with van der Waals surface area (Å²) in [5, 5.41) is 3.37. The normalized spacial score (nSPS) is 19.4. The number of hydrogen-bond donors (Lipinski definition) is 2. The van der Waals surface area contributed by atoms with Gasteiger partial charge < -0.3 is 15.8 Å². The third kappa shape index (κ3) is 3.80. The van der Waals surface area contributed by atoms with E-state index in [1.54, 1.807) is 0 Å². The highest BCUT2D eigenvalue weighted by molar-refractivity contribution is 5.54. The minimum atomic E-state index is 0.291. The Morgan fingerprint density at radius 1 is 1.37 bits per heavy atom. The first-order valence-corrected chi connectivity index (χ1v) is 7.19. The van der Waals surface area contributed by atoms with Gasteiger partial charge in [-0.1, -0.05) is 6.92 Å². The molecule has 1 aliphatic rings. The fourth-order valence-corrected chi connectivity index (χ4v) is 2.27. The van der Waals surface area contributed by atoms with Gasteiger partial charge in [0.25, 0.3) is 0 Å². The highest BCUT2D eigenvalue weighted by Gasteiger charge is 2.15. The first kappa shape index (κ1) is 14.1. The van der Waals surface area contributed by atoms with Crippen molar-refractivity contribution in [3.63, 3.8) is 0 Å². The molecule has 2 heterocycles. The van der Waals surface area contributed by atoms with Gasteiger partial charge in [0.2, 0.25) is 0 Å². The van der Waals surface area contributed by atoms with Crippen LogP contribution in [0.3, 0.4) is 0 Å². The van der Waals surface area contributed by atoms with Crippen molar-refractivity contribution in [2.75, 3.05) is 24.2 Å². The van der Waals surface area contributed by atoms with E-state index in [0.717, 1.165) is 49.6 Å². The monoisotopic (exact) mass is 264 g/mol. The van der Waals surface area contributed by atoms with Crippen LogP contribution in [0.1, 0.15) is 44.0 Å². The van der Waals surface area contributed by atoms with E-state index < -0.39 is 0 Å². The first-order valence-electron chi connectivity index (χ1n) is 7.19. The summed E-state index contributed by atoms with van der Waals surface area (Å²) < 4.78 is 5.71. The average Bonchev–Trinajstić information content (AvgIpc) is 2.42. The second-order valence-electron chi connectivity index (χ2n) is 5.12. The number of nitrogen functional groups attached to an aromatic ring is 1. The summed E-state index contributed by atoms with van der Waals surface area (Å²) in [5.74, 6) is 2.24. The number of nitrogens with two attached hydrogens (primary N) is 1. The Labute approximate surface area is 115 Å². The van der Waals surface area contributed by atoms with Gasteiger partial charge in [0, 0.05) is 25.1 Å². The van der Waals surface area contributed by atoms with Crippen LogP contribution in [-0.2, 0) is 11.2 Å². The molecule has 0 bridgehead atoms. The van der Waals surface area contributed by atoms with E-state index in [0.29, 0.717) is 11.9 Å². The third-order valence-corrected chi connectivity index (χ3v) is 3.47. The van der Waals surface area contributed by atoms with E-state index in [9.17, 15) is 0 Å². The number of hydrogen-bond acceptors (Lipinski definition) is 5. The molecule has 0 spiro atoms. The molecule has 19 heavy (non-hydrogen) atoms. The lowest BCUT2D eigenvalue weighted by Gasteiger charge is -2.23. The molecular weight excluding hydrogens is 240 g/mol. The molecule has 1 unspecified atom stereocenters. The Bertz CT molecular complexity index is 416. The quantitative estimate of drug-likeness (QED) is 0.853. The fraction of sp³-hybridized carbons (Fsp3) is 0.714. The SMILES string of the molecule is CCCc1nc(N)c(C)c(NCC2CCCCO2)n1. The highest BCUT2D eigenvalue weighted by Crippen LogP contribution is 2.19. The van der Waals surface area contributed by atoms with Crippen LogP contribution in [0.2, 0.25) is 0 Å². The summed E-state index contributed by atoms with van der Waals surface area (Å²) in [6.07, 6.45) is 5.72. The molecule has 5 nitrogen and oxygen atoms in total. The maximum Gasteiger partial charge on any atom is 0.134 e. The van der Waals surface area contributed by atoms with Crippen LogP contribution in [0.4, 0.5) is 11.6 Å². The largest absolute Gasteiger partial charge is 0.383 e. The van der Waals surface area contributed by atoms with Gasteiger partial charge in [-0.2, -0.15) is 0 Å². The molecule has 1 aromatic rings. The molecule has 106 valence electrons. The predicted octanol–water partition coefficient (Wildman–Crippen LogP) is 2.30. The zero-order valence-corrected chi connectivity index (χ0v) is 11.9. The summed E-state index contributed by atoms with van der Waals surface area (Å²) in [7, 11) is 0. The molecule has 5 heteroatoms. The minimum absolute atomic E-state index is 0.291. The van der Waals surface area contributed by atoms with Gasteiger partial charge in [-0.15, -0.1) is 0 Å². The topological polar surface area (TPSA) is 73.1 Å². The Morgan fingerprint density at radius 2 is 2.21 bits per heavy atom. The first-order chi connectivity index (χ1) is 9.20. The van der Waals surface area contributed by atoms with Crippen molar-refractivity contribution in [3.8, 4) is 0 Å². The number of aromatic nitrogens is 2. The molecule has 1 fully saturated rings. The van der Waals surface area contributed by atoms with Crippen LogP contribution in [0, 0.1) is 6.92 Å². The maximum absolute atomic E-state index is 5.94. The van der Waals surface area contributed by atoms with Crippen molar-refractivity contribution in [2.45, 2.75) is 52.1 Å². The lowest BCUT2D eigenvalue weighted by atomic mass is 10.1. The van der Waals surface area contributed by atoms with E-state index in [4.69, 9.17) is 10.5 Å². The van der Waals surface area contributed by atoms with Crippen molar-refractivity contribution in [1.82, 2.24) is 9.97 Å². The summed E-state index contributed by atoms with van der Waals surface area (Å²) in [6, 6.07) is 0. The molecule has 0 radical (unpaired) electrons. The predicted molar refractivity (Wildman–Crippen MR) is 77.3 cm³/mol. The summed E-state index contributed by atoms with van der Waals surface area (Å²) in [6.45, 7) is 5.73. The molecule has 1 saturated heterocycles. The molecule has 1 aromatic heterocycles. The van der Waals surface area contributed by atoms with Crippen LogP contribution >= 0.6 is 0 Å². The zero-order chi connectivity index (χ0) is 13.7. The van der Waals surface area contributed by atoms with E-state index in [-0.39, 0.29) is 0 Å². The van der Waals surface area contributed by atoms with Crippen LogP contribution in [0.25, 0.3) is 0 Å². The smallest absolute Gasteiger partial charge is 0.134 e. The second-order valence-corrected chi connectivity index (χ2v) is 5.12. The van der Waals surface area contributed by atoms with Gasteiger partial charge >= 0.3 is 0 Å². The third-order valence-electron chi connectivity index (χ3n) is 3.47. The van der Waals surface area contributed by atoms with Gasteiger partial charge in [0.05, 0.1) is 6.10 Å². The lowest BCUT2D eigenvalue weighted by Crippen LogP contribution is -2.27. The van der Waals surface area contributed by atoms with Gasteiger partial charge in [0.15, 0.2) is 0 Å². The Hall–Kier alpha value is -1.36. The van der Waals surface area contributed by atoms with Crippen molar-refractivity contribution in [1.29, 1.82) is 0 Å². The molecule has 2 rings (SSSR count). The highest BCUT2D eigenvalue weighted by atomic mass is 16.5. The Kier molecular flexibility index (Phi) is 4.96. The Balaban J connectivity index is 2.01. The molecule has 1 atom stereocenters. The molecule has 0 aromatic carbocycles. The van der Waals surface area contributed by atoms with Gasteiger partial charge in [-0.05, 0) is 32.6 Å². The van der Waals surface area contributed by atoms with E-state index in [2.05, 4.69) is 22.2 Å². The van der Waals surface area contributed by atoms with Crippen LogP contribution in [0.15, 0.2) is 0 Å². The Morgan fingerprint density at radius 3 is 2.89 bits per heavy atom. The minimum Gasteiger partial charge on any atom is -0.383 e. The van der Waals surface area contributed by atoms with Gasteiger partial charge in [-0.25, -0.2) is 9.97 Å². The fourth-order valence-electron chi connectivity index (χ4n) is 2.27. The van der Waals surface area contributed by atoms with E-state index in [1.165, 1.54) is 12.8 Å². The summed E-state index contributed by atoms with van der Waals surface area (Å²) in [5.41, 5.74) is 6.86. The number of anilines is 2. The van der Waals surface area contributed by atoms with E-state index in [1.807, 2.05) is 6.92 Å². The van der Waals surface area contributed by atoms with Crippen LogP contribution in [-0.4, -0.2) is 29.2 Å². The molecule has 0 amide bonds. The maximum atomic E-state index is 5.94. The number of nitrogens with zero attached hydrogens (tertiary/aromatic N) is 2. The zero-order valence-electron chi connectivity index (χ0n) is 11.9. The average molecular weight is 264 g/mol. The van der Waals surface area contributed by atoms with Crippen molar-refractivity contribution >= 4 is 11.6 Å². The number of ether oxygens (including phenoxy) is 1. The summed E-state index contributed by atoms with van der Waals surface area (Å²) in [4.78, 5) is 8.86. The molecular formula is C14H24N4O. The van der Waals surface area contributed by atoms with Crippen LogP contribution < -0.4 is 11.1 Å². The van der Waals surface area contributed by atoms with Gasteiger partial charge in [-0.3, -0.25) is 0 Å². The number of rotatable bonds is 5. The lowest BCUT2D eigenvalue weighted by molar-refractivity contribution is 0.0247. The van der Waals surface area contributed by atoms with Crippen LogP contribution in [0.5, 0.6) is 0 Å². The van der Waals surface area contributed by atoms with Crippen molar-refractivity contribution < 1.29 is 4.74 Å². The molecule has 0 saturated carbocycles. The second kappa shape index (κ2) is 6.70. The summed E-state index contributed by atoms with van der Waals surface area (Å²) >= 11 is 0. The standard InChI is InChI=1S/C14H24N4O/c1-3-6-12-17-13(15)10(2)14(18-12)16-9-11-7-4-5-8-19-11/h11H,3-9H2,1-2H3,(H3,15,16,17,18). The van der Waals surface area contributed by atoms with Crippen molar-refractivity contribution in [2.24, 2.45) is 0 Å². The molecule has 3 N–H and O–H groups in total. The van der Waals surface area contributed by atoms with Gasteiger partial charge in [0.1, 0.15) is 17.5 Å². The number of nitrogens with one attached hydrogen (secondary N) is 1. The molecule has 1 aliphatic heterocycles. The van der Waals surface area contributed by atoms with E-state index >= 15 is 0 Å². The number of aryl methyl sites for hydroxylation is 1.